The Morgan fingerprint density at radius 2 is 1.77 bits per heavy atom. The molecule has 3 fully saturated rings. The molecule has 17 heteroatoms. The minimum Gasteiger partial charge on any atom is -0.377 e. The van der Waals surface area contributed by atoms with Crippen molar-refractivity contribution in [2.75, 3.05) is 57.4 Å². The van der Waals surface area contributed by atoms with E-state index in [1.165, 1.54) is 16.8 Å². The number of carbonyl (C=O) groups is 1. The monoisotopic (exact) mass is 593 g/mol. The number of sulfonamides is 1. The molecule has 6 rings (SSSR count). The number of carbonyl (C=O) groups excluding carboxylic acids is 1. The number of aromatic nitrogens is 4. The van der Waals surface area contributed by atoms with Gasteiger partial charge in [-0.1, -0.05) is 11.3 Å². The number of halogens is 2. The van der Waals surface area contributed by atoms with E-state index in [9.17, 15) is 27.3 Å². The Bertz CT molecular complexity index is 1620. The molecule has 3 saturated heterocycles. The van der Waals surface area contributed by atoms with Crippen LogP contribution in [0.15, 0.2) is 17.0 Å². The number of hydrogen-bond donors (Lipinski definition) is 1. The molecule has 2 aromatic heterocycles. The molecular weight excluding hydrogens is 568 g/mol. The molecule has 0 radical (unpaired) electrons. The summed E-state index contributed by atoms with van der Waals surface area (Å²) in [7, 11) is -4.20. The number of benzene rings is 1. The molecule has 0 spiro atoms. The van der Waals surface area contributed by atoms with Crippen molar-refractivity contribution in [2.24, 2.45) is 5.14 Å². The lowest BCUT2D eigenvalue weighted by Crippen LogP contribution is -2.52. The highest BCUT2D eigenvalue weighted by Gasteiger charge is 2.46. The molecular formula is C23H25F2N9O4S2. The Balaban J connectivity index is 1.48. The Kier molecular flexibility index (Phi) is 6.60. The van der Waals surface area contributed by atoms with Crippen molar-refractivity contribution in [2.45, 2.75) is 29.6 Å². The SMILES string of the molecule is N#CC1(c2nn(-c3nnc(C(F)F)s3)c3cc(S(N)(=O)=O)cc(N4CCN(C(=O)N5CCCC5)CC4)c23)COC1. The van der Waals surface area contributed by atoms with Crippen molar-refractivity contribution in [3.63, 3.8) is 0 Å². The normalized spacial score (nSPS) is 19.3. The lowest BCUT2D eigenvalue weighted by atomic mass is 9.82. The van der Waals surface area contributed by atoms with E-state index in [2.05, 4.69) is 21.4 Å². The predicted molar refractivity (Wildman–Crippen MR) is 139 cm³/mol. The molecule has 5 heterocycles. The van der Waals surface area contributed by atoms with Gasteiger partial charge >= 0.3 is 6.03 Å². The highest BCUT2D eigenvalue weighted by molar-refractivity contribution is 7.89. The third kappa shape index (κ3) is 4.44. The van der Waals surface area contributed by atoms with Gasteiger partial charge in [-0.25, -0.2) is 31.8 Å². The standard InChI is InChI=1S/C23H25F2N9O4S2/c24-19(25)20-28-29-21(39-20)34-16-10-14(40(27,36)37)9-15(17(16)18(30-34)23(11-26)12-38-13-23)31-5-7-33(8-6-31)22(35)32-3-1-2-4-32/h9-10,19H,1-8,12-13H2,(H2,27,36,37). The molecule has 3 aromatic rings. The van der Waals surface area contributed by atoms with Crippen molar-refractivity contribution < 1.29 is 26.7 Å². The van der Waals surface area contributed by atoms with Gasteiger partial charge in [0.2, 0.25) is 15.2 Å². The number of nitrogens with zero attached hydrogens (tertiary/aromatic N) is 8. The van der Waals surface area contributed by atoms with Gasteiger partial charge in [0.25, 0.3) is 6.43 Å². The Morgan fingerprint density at radius 1 is 1.10 bits per heavy atom. The number of hydrogen-bond acceptors (Lipinski definition) is 10. The van der Waals surface area contributed by atoms with Crippen LogP contribution in [0.25, 0.3) is 16.0 Å². The lowest BCUT2D eigenvalue weighted by molar-refractivity contribution is -0.0312. The van der Waals surface area contributed by atoms with E-state index >= 15 is 0 Å². The topological polar surface area (TPSA) is 164 Å². The summed E-state index contributed by atoms with van der Waals surface area (Å²) in [5, 5.41) is 27.6. The minimum absolute atomic E-state index is 0.0153. The van der Waals surface area contributed by atoms with Gasteiger partial charge in [0, 0.05) is 50.3 Å². The Morgan fingerprint density at radius 3 is 2.33 bits per heavy atom. The molecule has 0 saturated carbocycles. The van der Waals surface area contributed by atoms with Gasteiger partial charge in [-0.05, 0) is 25.0 Å². The lowest BCUT2D eigenvalue weighted by Gasteiger charge is -2.39. The van der Waals surface area contributed by atoms with Crippen molar-refractivity contribution in [1.82, 2.24) is 29.8 Å². The number of piperazine rings is 1. The Hall–Kier alpha value is -3.46. The summed E-state index contributed by atoms with van der Waals surface area (Å²) in [5.41, 5.74) is -0.135. The first-order valence-corrected chi connectivity index (χ1v) is 15.0. The van der Waals surface area contributed by atoms with Gasteiger partial charge in [0.15, 0.2) is 5.01 Å². The molecule has 212 valence electrons. The van der Waals surface area contributed by atoms with Crippen molar-refractivity contribution in [3.05, 3.63) is 22.8 Å². The maximum Gasteiger partial charge on any atom is 0.320 e. The first-order chi connectivity index (χ1) is 19.1. The fourth-order valence-corrected chi connectivity index (χ4v) is 6.52. The summed E-state index contributed by atoms with van der Waals surface area (Å²) in [6.45, 7) is 3.16. The van der Waals surface area contributed by atoms with E-state index in [1.807, 2.05) is 9.80 Å². The summed E-state index contributed by atoms with van der Waals surface area (Å²) in [6.07, 6.45) is -0.892. The summed E-state index contributed by atoms with van der Waals surface area (Å²) in [4.78, 5) is 18.3. The first-order valence-electron chi connectivity index (χ1n) is 12.6. The number of urea groups is 1. The van der Waals surface area contributed by atoms with Crippen molar-refractivity contribution >= 4 is 44.0 Å². The maximum absolute atomic E-state index is 13.3. The number of fused-ring (bicyclic) bond motifs is 1. The van der Waals surface area contributed by atoms with Crippen LogP contribution in [0.3, 0.4) is 0 Å². The molecule has 3 aliphatic rings. The van der Waals surface area contributed by atoms with Crippen LogP contribution in [-0.2, 0) is 20.2 Å². The molecule has 13 nitrogen and oxygen atoms in total. The second kappa shape index (κ2) is 9.87. The van der Waals surface area contributed by atoms with Crippen LogP contribution in [0.1, 0.15) is 30.0 Å². The average Bonchev–Trinajstić information content (AvgIpc) is 3.67. The van der Waals surface area contributed by atoms with E-state index in [0.717, 1.165) is 25.9 Å². The van der Waals surface area contributed by atoms with Crippen LogP contribution in [-0.4, -0.2) is 96.7 Å². The van der Waals surface area contributed by atoms with Crippen molar-refractivity contribution in [3.8, 4) is 11.2 Å². The zero-order valence-electron chi connectivity index (χ0n) is 21.2. The summed E-state index contributed by atoms with van der Waals surface area (Å²) >= 11 is 0.607. The number of alkyl halides is 2. The molecule has 3 aliphatic heterocycles. The highest BCUT2D eigenvalue weighted by atomic mass is 32.2. The van der Waals surface area contributed by atoms with Gasteiger partial charge in [0.05, 0.1) is 35.4 Å². The number of likely N-dealkylation sites (tertiary alicyclic amines) is 1. The fourth-order valence-electron chi connectivity index (χ4n) is 5.30. The second-order valence-electron chi connectivity index (χ2n) is 10.0. The van der Waals surface area contributed by atoms with E-state index in [4.69, 9.17) is 9.88 Å². The number of nitriles is 1. The number of nitrogens with two attached hydrogens (primary N) is 1. The van der Waals surface area contributed by atoms with E-state index in [0.29, 0.717) is 54.3 Å². The van der Waals surface area contributed by atoms with Crippen LogP contribution >= 0.6 is 11.3 Å². The molecule has 0 aliphatic carbocycles. The average molecular weight is 594 g/mol. The fraction of sp³-hybridized carbons (Fsp3) is 0.522. The van der Waals surface area contributed by atoms with Crippen LogP contribution in [0.2, 0.25) is 0 Å². The molecule has 2 amide bonds. The largest absolute Gasteiger partial charge is 0.377 e. The third-order valence-corrected chi connectivity index (χ3v) is 9.29. The highest BCUT2D eigenvalue weighted by Crippen LogP contribution is 2.42. The summed E-state index contributed by atoms with van der Waals surface area (Å²) in [5.74, 6) is 0. The number of anilines is 1. The van der Waals surface area contributed by atoms with E-state index < -0.39 is 26.9 Å². The quantitative estimate of drug-likeness (QED) is 0.463. The summed E-state index contributed by atoms with van der Waals surface area (Å²) < 4.78 is 58.3. The maximum atomic E-state index is 13.3. The number of rotatable bonds is 5. The molecule has 1 aromatic carbocycles. The number of amides is 2. The van der Waals surface area contributed by atoms with Crippen LogP contribution in [0.5, 0.6) is 0 Å². The smallest absolute Gasteiger partial charge is 0.320 e. The zero-order chi connectivity index (χ0) is 28.2. The van der Waals surface area contributed by atoms with Crippen LogP contribution < -0.4 is 10.0 Å². The van der Waals surface area contributed by atoms with E-state index in [-0.39, 0.29) is 34.8 Å². The minimum atomic E-state index is -4.20. The molecule has 0 unspecified atom stereocenters. The van der Waals surface area contributed by atoms with Gasteiger partial charge < -0.3 is 19.4 Å². The molecule has 0 bridgehead atoms. The number of ether oxygens (including phenoxy) is 1. The van der Waals surface area contributed by atoms with E-state index in [1.54, 1.807) is 4.90 Å². The first kappa shape index (κ1) is 26.7. The van der Waals surface area contributed by atoms with Gasteiger partial charge in [-0.2, -0.15) is 10.4 Å². The number of primary sulfonamides is 1. The zero-order valence-corrected chi connectivity index (χ0v) is 22.8. The van der Waals surface area contributed by atoms with Gasteiger partial charge in [0.1, 0.15) is 5.41 Å². The third-order valence-electron chi connectivity index (χ3n) is 7.49. The second-order valence-corrected chi connectivity index (χ2v) is 12.6. The molecule has 2 N–H and O–H groups in total. The van der Waals surface area contributed by atoms with Crippen LogP contribution in [0.4, 0.5) is 19.3 Å². The van der Waals surface area contributed by atoms with Crippen molar-refractivity contribution in [1.29, 1.82) is 5.26 Å². The van der Waals surface area contributed by atoms with Crippen LogP contribution in [0, 0.1) is 11.3 Å². The Labute approximate surface area is 231 Å². The molecule has 0 atom stereocenters. The molecule has 40 heavy (non-hydrogen) atoms. The van der Waals surface area contributed by atoms with Gasteiger partial charge in [-0.15, -0.1) is 10.2 Å². The predicted octanol–water partition coefficient (Wildman–Crippen LogP) is 1.59. The summed E-state index contributed by atoms with van der Waals surface area (Å²) in [6, 6.07) is 4.98. The van der Waals surface area contributed by atoms with Gasteiger partial charge in [-0.3, -0.25) is 0 Å².